The number of nitrogens with one attached hydrogen (secondary N) is 1. The molecule has 1 aromatic carbocycles. The average Bonchev–Trinajstić information content (AvgIpc) is 3.31. The minimum absolute atomic E-state index is 0.0146. The number of aromatic hydroxyl groups is 1. The van der Waals surface area contributed by atoms with Crippen molar-refractivity contribution in [2.75, 3.05) is 6.54 Å². The molecule has 0 spiro atoms. The summed E-state index contributed by atoms with van der Waals surface area (Å²) in [6.45, 7) is 0.308. The molecule has 0 saturated heterocycles. The molecule has 0 bridgehead atoms. The summed E-state index contributed by atoms with van der Waals surface area (Å²) in [6, 6.07) is 3.60. The van der Waals surface area contributed by atoms with Gasteiger partial charge in [-0.05, 0) is 55.9 Å². The van der Waals surface area contributed by atoms with Crippen LogP contribution in [0.3, 0.4) is 0 Å². The van der Waals surface area contributed by atoms with Crippen molar-refractivity contribution in [1.82, 2.24) is 20.4 Å². The van der Waals surface area contributed by atoms with Gasteiger partial charge in [0.1, 0.15) is 5.69 Å². The van der Waals surface area contributed by atoms with Gasteiger partial charge in [0.05, 0.1) is 5.56 Å². The van der Waals surface area contributed by atoms with Gasteiger partial charge in [0.25, 0.3) is 11.8 Å². The highest BCUT2D eigenvalue weighted by atomic mass is 19.4. The summed E-state index contributed by atoms with van der Waals surface area (Å²) < 4.78 is 70.1. The van der Waals surface area contributed by atoms with E-state index in [4.69, 9.17) is 9.63 Å². The van der Waals surface area contributed by atoms with E-state index in [1.807, 2.05) is 0 Å². The minimum atomic E-state index is -4.49. The Morgan fingerprint density at radius 3 is 2.38 bits per heavy atom. The molecule has 0 radical (unpaired) electrons. The van der Waals surface area contributed by atoms with Gasteiger partial charge in [-0.25, -0.2) is 8.78 Å². The molecular formula is C22H19F5N4O3. The van der Waals surface area contributed by atoms with Gasteiger partial charge in [-0.1, -0.05) is 5.16 Å². The molecule has 2 heterocycles. The van der Waals surface area contributed by atoms with Crippen LogP contribution in [-0.4, -0.2) is 32.7 Å². The number of hydrogen-bond donors (Lipinski definition) is 2. The molecule has 34 heavy (non-hydrogen) atoms. The molecule has 180 valence electrons. The lowest BCUT2D eigenvalue weighted by Crippen LogP contribution is -2.31. The Morgan fingerprint density at radius 1 is 1.12 bits per heavy atom. The SMILES string of the molecule is O=C(NCC1CCC(c2noc(-c3ccc(C(F)(F)F)cn3)n2)CC1)c1cc(F)c(O)c(F)c1. The summed E-state index contributed by atoms with van der Waals surface area (Å²) in [7, 11) is 0. The first-order valence-corrected chi connectivity index (χ1v) is 10.4. The number of phenols is 1. The second-order valence-electron chi connectivity index (χ2n) is 8.10. The Kier molecular flexibility index (Phi) is 6.49. The average molecular weight is 482 g/mol. The van der Waals surface area contributed by atoms with Crippen molar-refractivity contribution in [3.05, 3.63) is 59.0 Å². The van der Waals surface area contributed by atoms with Crippen LogP contribution in [0.15, 0.2) is 35.0 Å². The molecule has 1 fully saturated rings. The normalized spacial score (nSPS) is 18.6. The van der Waals surface area contributed by atoms with Crippen LogP contribution in [0.5, 0.6) is 5.75 Å². The van der Waals surface area contributed by atoms with Crippen molar-refractivity contribution < 1.29 is 36.4 Å². The van der Waals surface area contributed by atoms with Gasteiger partial charge in [-0.3, -0.25) is 9.78 Å². The molecule has 1 aliphatic carbocycles. The fourth-order valence-corrected chi connectivity index (χ4v) is 3.85. The van der Waals surface area contributed by atoms with E-state index in [1.54, 1.807) is 0 Å². The van der Waals surface area contributed by atoms with Gasteiger partial charge < -0.3 is 14.9 Å². The van der Waals surface area contributed by atoms with Crippen LogP contribution in [0.1, 0.15) is 53.3 Å². The maximum atomic E-state index is 13.4. The van der Waals surface area contributed by atoms with Crippen molar-refractivity contribution in [2.24, 2.45) is 5.92 Å². The number of aromatic nitrogens is 3. The molecule has 3 aromatic rings. The predicted octanol–water partition coefficient (Wildman–Crippen LogP) is 4.84. The van der Waals surface area contributed by atoms with Gasteiger partial charge in [0.15, 0.2) is 23.2 Å². The molecule has 1 aliphatic rings. The number of benzene rings is 1. The third-order valence-electron chi connectivity index (χ3n) is 5.79. The van der Waals surface area contributed by atoms with Crippen molar-refractivity contribution >= 4 is 5.91 Å². The Morgan fingerprint density at radius 2 is 1.79 bits per heavy atom. The molecule has 7 nitrogen and oxygen atoms in total. The quantitative estimate of drug-likeness (QED) is 0.505. The standard InChI is InChI=1S/C22H19F5N4O3/c23-15-7-13(8-16(24)18(15)32)20(33)29-9-11-1-3-12(4-2-11)19-30-21(34-31-19)17-6-5-14(10-28-17)22(25,26)27/h5-8,10-12,32H,1-4,9H2,(H,29,33). The van der Waals surface area contributed by atoms with E-state index >= 15 is 0 Å². The van der Waals surface area contributed by atoms with Gasteiger partial charge in [-0.2, -0.15) is 18.2 Å². The van der Waals surface area contributed by atoms with Crippen molar-refractivity contribution in [3.8, 4) is 17.3 Å². The number of pyridine rings is 1. The maximum Gasteiger partial charge on any atom is 0.417 e. The molecular weight excluding hydrogens is 463 g/mol. The zero-order valence-electron chi connectivity index (χ0n) is 17.6. The molecule has 0 atom stereocenters. The number of amides is 1. The van der Waals surface area contributed by atoms with Crippen molar-refractivity contribution in [3.63, 3.8) is 0 Å². The van der Waals surface area contributed by atoms with Gasteiger partial charge in [0.2, 0.25) is 0 Å². The monoisotopic (exact) mass is 482 g/mol. The maximum absolute atomic E-state index is 13.4. The first kappa shape index (κ1) is 23.6. The largest absolute Gasteiger partial charge is 0.503 e. The third-order valence-corrected chi connectivity index (χ3v) is 5.79. The molecule has 0 unspecified atom stereocenters. The Bertz CT molecular complexity index is 1150. The fourth-order valence-electron chi connectivity index (χ4n) is 3.85. The summed E-state index contributed by atoms with van der Waals surface area (Å²) >= 11 is 0. The van der Waals surface area contributed by atoms with Crippen LogP contribution in [-0.2, 0) is 6.18 Å². The van der Waals surface area contributed by atoms with E-state index < -0.39 is 35.0 Å². The summed E-state index contributed by atoms with van der Waals surface area (Å²) in [4.78, 5) is 20.2. The molecule has 1 saturated carbocycles. The first-order valence-electron chi connectivity index (χ1n) is 10.4. The lowest BCUT2D eigenvalue weighted by molar-refractivity contribution is -0.137. The van der Waals surface area contributed by atoms with Crippen LogP contribution in [0, 0.1) is 17.6 Å². The smallest absolute Gasteiger partial charge is 0.417 e. The number of alkyl halides is 3. The Labute approximate surface area is 190 Å². The van der Waals surface area contributed by atoms with Gasteiger partial charge in [0, 0.05) is 24.2 Å². The van der Waals surface area contributed by atoms with Crippen molar-refractivity contribution in [1.29, 1.82) is 0 Å². The number of nitrogens with zero attached hydrogens (tertiary/aromatic N) is 3. The second kappa shape index (κ2) is 9.35. The summed E-state index contributed by atoms with van der Waals surface area (Å²) in [5.41, 5.74) is -0.954. The highest BCUT2D eigenvalue weighted by Crippen LogP contribution is 2.35. The fraction of sp³-hybridized carbons (Fsp3) is 0.364. The Balaban J connectivity index is 1.30. The van der Waals surface area contributed by atoms with Crippen LogP contribution in [0.2, 0.25) is 0 Å². The van der Waals surface area contributed by atoms with Crippen LogP contribution in [0.4, 0.5) is 22.0 Å². The van der Waals surface area contributed by atoms with E-state index in [-0.39, 0.29) is 29.0 Å². The molecule has 2 aromatic heterocycles. The zero-order chi connectivity index (χ0) is 24.5. The summed E-state index contributed by atoms with van der Waals surface area (Å²) in [6.07, 6.45) is -0.929. The Hall–Kier alpha value is -3.57. The summed E-state index contributed by atoms with van der Waals surface area (Å²) in [5.74, 6) is -3.61. The number of hydrogen-bond acceptors (Lipinski definition) is 6. The summed E-state index contributed by atoms with van der Waals surface area (Å²) in [5, 5.41) is 15.7. The predicted molar refractivity (Wildman–Crippen MR) is 108 cm³/mol. The number of halogens is 5. The first-order chi connectivity index (χ1) is 16.1. The third kappa shape index (κ3) is 5.15. The van der Waals surface area contributed by atoms with Gasteiger partial charge in [-0.15, -0.1) is 0 Å². The van der Waals surface area contributed by atoms with E-state index in [0.717, 1.165) is 31.0 Å². The van der Waals surface area contributed by atoms with E-state index in [2.05, 4.69) is 20.4 Å². The second-order valence-corrected chi connectivity index (χ2v) is 8.10. The molecule has 1 amide bonds. The number of phenolic OH excluding ortho intramolecular Hbond substituents is 1. The topological polar surface area (TPSA) is 101 Å². The van der Waals surface area contributed by atoms with Crippen LogP contribution in [0.25, 0.3) is 11.6 Å². The molecule has 0 aliphatic heterocycles. The van der Waals surface area contributed by atoms with Gasteiger partial charge >= 0.3 is 6.18 Å². The number of rotatable bonds is 5. The van der Waals surface area contributed by atoms with E-state index in [1.165, 1.54) is 6.07 Å². The molecule has 4 rings (SSSR count). The number of carbonyl (C=O) groups excluding carboxylic acids is 1. The number of carbonyl (C=O) groups is 1. The van der Waals surface area contributed by atoms with E-state index in [9.17, 15) is 26.7 Å². The van der Waals surface area contributed by atoms with Crippen LogP contribution < -0.4 is 5.32 Å². The molecule has 12 heteroatoms. The lowest BCUT2D eigenvalue weighted by Gasteiger charge is -2.26. The zero-order valence-corrected chi connectivity index (χ0v) is 17.6. The minimum Gasteiger partial charge on any atom is -0.503 e. The molecule has 2 N–H and O–H groups in total. The van der Waals surface area contributed by atoms with Crippen molar-refractivity contribution in [2.45, 2.75) is 37.8 Å². The highest BCUT2D eigenvalue weighted by Gasteiger charge is 2.31. The van der Waals surface area contributed by atoms with E-state index in [0.29, 0.717) is 31.4 Å². The highest BCUT2D eigenvalue weighted by molar-refractivity contribution is 5.94. The lowest BCUT2D eigenvalue weighted by atomic mass is 9.81. The van der Waals surface area contributed by atoms with Crippen LogP contribution >= 0.6 is 0 Å².